The molecule has 1 unspecified atom stereocenters. The third kappa shape index (κ3) is 4.09. The number of nitrogens with zero attached hydrogens (tertiary/aromatic N) is 4. The number of benzene rings is 1. The van der Waals surface area contributed by atoms with Crippen LogP contribution in [0.25, 0.3) is 21.9 Å². The second-order valence-corrected chi connectivity index (χ2v) is 11.3. The summed E-state index contributed by atoms with van der Waals surface area (Å²) in [5, 5.41) is 4.33. The van der Waals surface area contributed by atoms with Crippen LogP contribution in [0.15, 0.2) is 24.5 Å². The molecule has 0 bridgehead atoms. The van der Waals surface area contributed by atoms with Crippen molar-refractivity contribution >= 4 is 34.1 Å². The maximum absolute atomic E-state index is 15.7. The minimum Gasteiger partial charge on any atom is -0.474 e. The van der Waals surface area contributed by atoms with Gasteiger partial charge in [0, 0.05) is 67.3 Å². The van der Waals surface area contributed by atoms with Crippen LogP contribution in [0, 0.1) is 31.1 Å². The maximum atomic E-state index is 15.7. The van der Waals surface area contributed by atoms with Crippen molar-refractivity contribution < 1.29 is 23.4 Å². The summed E-state index contributed by atoms with van der Waals surface area (Å²) >= 11 is 0. The second kappa shape index (κ2) is 9.83. The van der Waals surface area contributed by atoms with Gasteiger partial charge in [-0.2, -0.15) is 4.79 Å². The number of nitrogens with one attached hydrogen (secondary N) is 1. The number of likely N-dealkylation sites (tertiary alicyclic amines) is 1. The zero-order valence-electron chi connectivity index (χ0n) is 22.9. The van der Waals surface area contributed by atoms with Crippen molar-refractivity contribution in [2.75, 3.05) is 57.1 Å². The number of aromatic nitrogens is 2. The molecule has 2 aromatic heterocycles. The van der Waals surface area contributed by atoms with Crippen molar-refractivity contribution in [1.82, 2.24) is 19.4 Å². The van der Waals surface area contributed by atoms with Gasteiger partial charge in [-0.05, 0) is 36.8 Å². The van der Waals surface area contributed by atoms with Gasteiger partial charge in [-0.1, -0.05) is 10.9 Å². The average molecular weight is 560 g/mol. The molecule has 10 nitrogen and oxygen atoms in total. The summed E-state index contributed by atoms with van der Waals surface area (Å²) in [6.45, 7) is 6.52. The fourth-order valence-electron chi connectivity index (χ4n) is 6.70. The molecule has 212 valence electrons. The first kappa shape index (κ1) is 26.0. The van der Waals surface area contributed by atoms with Crippen LogP contribution in [0.3, 0.4) is 0 Å². The Balaban J connectivity index is 1.28. The van der Waals surface area contributed by atoms with Crippen LogP contribution >= 0.6 is 0 Å². The number of halogens is 1. The Labute approximate surface area is 237 Å². The van der Waals surface area contributed by atoms with Gasteiger partial charge in [0.15, 0.2) is 11.9 Å². The van der Waals surface area contributed by atoms with Gasteiger partial charge >= 0.3 is 6.09 Å². The highest BCUT2D eigenvalue weighted by atomic mass is 19.1. The van der Waals surface area contributed by atoms with Gasteiger partial charge in [-0.25, -0.2) is 14.4 Å². The Hall–Kier alpha value is -3.98. The Bertz CT molecular complexity index is 1600. The first-order valence-corrected chi connectivity index (χ1v) is 14.0. The number of nitrogen functional groups attached to an aromatic ring is 1. The molecule has 0 spiro atoms. The molecule has 3 N–H and O–H groups in total. The number of rotatable bonds is 3. The van der Waals surface area contributed by atoms with E-state index in [4.69, 9.17) is 26.4 Å². The van der Waals surface area contributed by atoms with Gasteiger partial charge in [-0.15, -0.1) is 0 Å². The number of ether oxygens (including phenoxy) is 3. The predicted molar refractivity (Wildman–Crippen MR) is 153 cm³/mol. The van der Waals surface area contributed by atoms with Crippen molar-refractivity contribution in [2.24, 2.45) is 5.92 Å². The number of anilines is 2. The zero-order chi connectivity index (χ0) is 28.3. The van der Waals surface area contributed by atoms with Crippen LogP contribution in [-0.2, 0) is 9.47 Å². The van der Waals surface area contributed by atoms with E-state index in [0.717, 1.165) is 50.4 Å². The Morgan fingerprint density at radius 3 is 2.90 bits per heavy atom. The third-order valence-corrected chi connectivity index (χ3v) is 9.02. The number of piperidine rings is 1. The molecular formula is C30H32FN6O4+. The predicted octanol–water partition coefficient (Wildman–Crippen LogP) is 3.66. The van der Waals surface area contributed by atoms with Crippen molar-refractivity contribution in [1.29, 1.82) is 0 Å². The lowest BCUT2D eigenvalue weighted by atomic mass is 9.90. The molecule has 11 heteroatoms. The fourth-order valence-corrected chi connectivity index (χ4v) is 6.70. The molecule has 4 aliphatic heterocycles. The average Bonchev–Trinajstić information content (AvgIpc) is 3.54. The van der Waals surface area contributed by atoms with E-state index in [2.05, 4.69) is 26.2 Å². The summed E-state index contributed by atoms with van der Waals surface area (Å²) in [7, 11) is 0. The largest absolute Gasteiger partial charge is 0.536 e. The number of carbonyl (C=O) groups is 1. The monoisotopic (exact) mass is 559 g/mol. The number of fused-ring (bicyclic) bond motifs is 3. The summed E-state index contributed by atoms with van der Waals surface area (Å²) in [5.74, 6) is 0.315. The van der Waals surface area contributed by atoms with Crippen molar-refractivity contribution in [3.8, 4) is 29.5 Å². The highest BCUT2D eigenvalue weighted by Crippen LogP contribution is 2.41. The van der Waals surface area contributed by atoms with E-state index in [1.807, 2.05) is 6.92 Å². The molecule has 3 fully saturated rings. The Morgan fingerprint density at radius 1 is 1.22 bits per heavy atom. The molecule has 41 heavy (non-hydrogen) atoms. The summed E-state index contributed by atoms with van der Waals surface area (Å²) in [5.41, 5.74) is 8.68. The second-order valence-electron chi connectivity index (χ2n) is 11.3. The summed E-state index contributed by atoms with van der Waals surface area (Å²) in [4.78, 5) is 24.9. The molecule has 7 rings (SSSR count). The molecular weight excluding hydrogens is 527 g/mol. The van der Waals surface area contributed by atoms with Crippen molar-refractivity contribution in [2.45, 2.75) is 31.9 Å². The Morgan fingerprint density at radius 2 is 2.10 bits per heavy atom. The topological polar surface area (TPSA) is 112 Å². The minimum absolute atomic E-state index is 0.0341. The van der Waals surface area contributed by atoms with E-state index in [1.165, 1.54) is 6.20 Å². The molecule has 0 radical (unpaired) electrons. The summed E-state index contributed by atoms with van der Waals surface area (Å²) in [6.07, 6.45) is 10.2. The van der Waals surface area contributed by atoms with Crippen LogP contribution in [0.2, 0.25) is 0 Å². The number of hydrogen-bond donors (Lipinski definition) is 2. The minimum atomic E-state index is -0.562. The van der Waals surface area contributed by atoms with Crippen molar-refractivity contribution in [3.05, 3.63) is 35.9 Å². The van der Waals surface area contributed by atoms with E-state index in [9.17, 15) is 4.79 Å². The SMILES string of the molecule is C#C[N+]1(c2cc3cc(-c4cnc5c(c4C)NCCO5)c(F)c(N)c3cn2)C[C@H]2CN([C@H]3CCOC3)CC[C@H]2OC1=O. The van der Waals surface area contributed by atoms with Crippen LogP contribution in [0.5, 0.6) is 5.88 Å². The molecule has 6 heterocycles. The van der Waals surface area contributed by atoms with Crippen LogP contribution in [0.4, 0.5) is 26.4 Å². The molecule has 3 saturated heterocycles. The molecule has 4 atom stereocenters. The van der Waals surface area contributed by atoms with Gasteiger partial charge in [-0.3, -0.25) is 4.90 Å². The van der Waals surface area contributed by atoms with Gasteiger partial charge in [0.05, 0.1) is 18.2 Å². The smallest absolute Gasteiger partial charge is 0.474 e. The third-order valence-electron chi connectivity index (χ3n) is 9.02. The number of terminal acetylenes is 1. The van der Waals surface area contributed by atoms with E-state index in [0.29, 0.717) is 59.3 Å². The van der Waals surface area contributed by atoms with E-state index < -0.39 is 16.4 Å². The molecule has 1 aromatic carbocycles. The number of amides is 1. The summed E-state index contributed by atoms with van der Waals surface area (Å²) in [6, 6.07) is 6.51. The molecule has 0 aliphatic carbocycles. The highest BCUT2D eigenvalue weighted by Gasteiger charge is 2.54. The number of quaternary nitrogens is 1. The number of hydrogen-bond acceptors (Lipinski definition) is 9. The quantitative estimate of drug-likeness (QED) is 0.282. The lowest BCUT2D eigenvalue weighted by molar-refractivity contribution is -0.0447. The number of pyridine rings is 2. The first-order valence-electron chi connectivity index (χ1n) is 14.0. The normalized spacial score (nSPS) is 27.7. The fraction of sp³-hybridized carbons (Fsp3) is 0.433. The molecule has 1 amide bonds. The summed E-state index contributed by atoms with van der Waals surface area (Å²) < 4.78 is 32.4. The number of carbonyl (C=O) groups excluding carboxylic acids is 1. The van der Waals surface area contributed by atoms with Gasteiger partial charge in [0.25, 0.3) is 5.82 Å². The lowest BCUT2D eigenvalue weighted by Gasteiger charge is -2.45. The van der Waals surface area contributed by atoms with Gasteiger partial charge in [0.1, 0.15) is 24.9 Å². The molecule has 0 saturated carbocycles. The maximum Gasteiger partial charge on any atom is 0.536 e. The van der Waals surface area contributed by atoms with E-state index >= 15 is 4.39 Å². The Kier molecular flexibility index (Phi) is 6.23. The van der Waals surface area contributed by atoms with Gasteiger partial charge in [0.2, 0.25) is 5.88 Å². The standard InChI is InChI=1S/C30H32FN6O4/c1-3-37(15-19-14-36(20-5-8-39-16-20)7-4-24(19)41-30(37)38)25-11-18-10-21(26(31)27(32)23(18)13-34-25)22-12-35-29-28(17(22)2)33-6-9-40-29/h1,10-13,19-20,24,33H,4-9,14-16,32H2,2H3/q+1/t19-,20+,24-,37?/m1/s1. The van der Waals surface area contributed by atoms with Gasteiger partial charge < -0.3 is 25.3 Å². The van der Waals surface area contributed by atoms with Crippen molar-refractivity contribution in [3.63, 3.8) is 0 Å². The van der Waals surface area contributed by atoms with Crippen LogP contribution < -0.4 is 20.3 Å². The van der Waals surface area contributed by atoms with Crippen LogP contribution in [0.1, 0.15) is 18.4 Å². The molecule has 4 aliphatic rings. The highest BCUT2D eigenvalue weighted by molar-refractivity contribution is 5.99. The zero-order valence-corrected chi connectivity index (χ0v) is 22.9. The van der Waals surface area contributed by atoms with E-state index in [-0.39, 0.29) is 17.7 Å². The molecule has 3 aromatic rings. The first-order chi connectivity index (χ1) is 19.9. The lowest BCUT2D eigenvalue weighted by Crippen LogP contribution is -2.64. The van der Waals surface area contributed by atoms with Crippen LogP contribution in [-0.4, -0.2) is 79.1 Å². The van der Waals surface area contributed by atoms with E-state index in [1.54, 1.807) is 18.3 Å². The number of nitrogens with two attached hydrogens (primary N) is 1.